The molecule has 39 heavy (non-hydrogen) atoms. The number of carbonyl (C=O) groups is 1. The van der Waals surface area contributed by atoms with Crippen molar-refractivity contribution in [2.75, 3.05) is 27.7 Å². The number of hydrogen-bond acceptors (Lipinski definition) is 6. The summed E-state index contributed by atoms with van der Waals surface area (Å²) in [6.45, 7) is 1.39. The van der Waals surface area contributed by atoms with Crippen LogP contribution in [0.5, 0.6) is 0 Å². The highest BCUT2D eigenvalue weighted by atomic mass is 32.2. The largest absolute Gasteiger partial charge is 0.337 e. The first-order valence-corrected chi connectivity index (χ1v) is 14.8. The van der Waals surface area contributed by atoms with Crippen molar-refractivity contribution in [3.63, 3.8) is 0 Å². The molecule has 1 atom stereocenters. The van der Waals surface area contributed by atoms with Gasteiger partial charge in [0.25, 0.3) is 17.2 Å². The Morgan fingerprint density at radius 1 is 1.15 bits per heavy atom. The van der Waals surface area contributed by atoms with Crippen LogP contribution in [0, 0.1) is 11.6 Å². The number of aromatic nitrogens is 3. The number of fused-ring (bicyclic) bond motifs is 1. The van der Waals surface area contributed by atoms with E-state index in [-0.39, 0.29) is 30.2 Å². The fourth-order valence-corrected chi connectivity index (χ4v) is 5.95. The maximum atomic E-state index is 15.4. The van der Waals surface area contributed by atoms with E-state index < -0.39 is 49.9 Å². The monoisotopic (exact) mass is 577 g/mol. The van der Waals surface area contributed by atoms with E-state index in [1.54, 1.807) is 6.92 Å². The molecule has 2 heterocycles. The summed E-state index contributed by atoms with van der Waals surface area (Å²) in [5, 5.41) is 2.39. The topological polar surface area (TPSA) is 145 Å². The molecule has 1 amide bonds. The molecule has 0 fully saturated rings. The molecule has 0 saturated heterocycles. The van der Waals surface area contributed by atoms with E-state index in [0.717, 1.165) is 17.7 Å². The molecule has 0 aliphatic rings. The third-order valence-electron chi connectivity index (χ3n) is 5.73. The molecule has 206 valence electrons. The molecule has 0 saturated carbocycles. The van der Waals surface area contributed by atoms with E-state index >= 15 is 4.39 Å². The molecule has 0 aliphatic carbocycles. The lowest BCUT2D eigenvalue weighted by atomic mass is 10.1. The number of aromatic amines is 1. The zero-order valence-corrected chi connectivity index (χ0v) is 22.4. The van der Waals surface area contributed by atoms with Gasteiger partial charge in [0, 0.05) is 17.9 Å². The number of hydrogen-bond donors (Lipinski definition) is 3. The summed E-state index contributed by atoms with van der Waals surface area (Å²) < 4.78 is 76.2. The van der Waals surface area contributed by atoms with Crippen LogP contribution in [0.1, 0.15) is 30.1 Å². The minimum atomic E-state index is -3.38. The molecule has 2 aromatic heterocycles. The molecule has 3 N–H and O–H groups in total. The highest BCUT2D eigenvalue weighted by Gasteiger charge is 2.26. The average molecular weight is 578 g/mol. The van der Waals surface area contributed by atoms with E-state index in [4.69, 9.17) is 0 Å². The number of pyridine rings is 1. The number of carbonyl (C=O) groups excluding carboxylic acids is 1. The molecule has 0 radical (unpaired) electrons. The van der Waals surface area contributed by atoms with Crippen LogP contribution in [-0.2, 0) is 21.1 Å². The van der Waals surface area contributed by atoms with Gasteiger partial charge in [-0.15, -0.1) is 0 Å². The van der Waals surface area contributed by atoms with Crippen molar-refractivity contribution >= 4 is 49.5 Å². The van der Waals surface area contributed by atoms with Gasteiger partial charge < -0.3 is 10.3 Å². The van der Waals surface area contributed by atoms with Gasteiger partial charge >= 0.3 is 0 Å². The minimum absolute atomic E-state index is 0.0444. The Morgan fingerprint density at radius 2 is 1.90 bits per heavy atom. The highest BCUT2D eigenvalue weighted by molar-refractivity contribution is 7.91. The van der Waals surface area contributed by atoms with Crippen LogP contribution < -0.4 is 9.62 Å². The van der Waals surface area contributed by atoms with Crippen molar-refractivity contribution in [1.82, 2.24) is 15.0 Å². The van der Waals surface area contributed by atoms with Gasteiger partial charge in [-0.2, -0.15) is 0 Å². The summed E-state index contributed by atoms with van der Waals surface area (Å²) in [5.74, 6) is -3.48. The lowest BCUT2D eigenvalue weighted by Crippen LogP contribution is -2.30. The van der Waals surface area contributed by atoms with Crippen molar-refractivity contribution < 1.29 is 30.8 Å². The first kappa shape index (κ1) is 28.3. The van der Waals surface area contributed by atoms with Crippen LogP contribution in [0.3, 0.4) is 0 Å². The van der Waals surface area contributed by atoms with Crippen molar-refractivity contribution in [2.45, 2.75) is 19.8 Å². The number of sulfone groups is 1. The Balaban J connectivity index is 1.56. The van der Waals surface area contributed by atoms with Gasteiger partial charge in [0.2, 0.25) is 0 Å². The summed E-state index contributed by atoms with van der Waals surface area (Å²) in [4.78, 5) is 24.5. The molecular weight excluding hydrogens is 552 g/mol. The van der Waals surface area contributed by atoms with Gasteiger partial charge in [-0.1, -0.05) is 37.3 Å². The number of benzene rings is 2. The molecule has 10 nitrogen and oxygen atoms in total. The normalized spacial score (nSPS) is 12.4. The molecular formula is C25H25F2N5O5S2. The molecule has 4 rings (SSSR count). The highest BCUT2D eigenvalue weighted by Crippen LogP contribution is 2.27. The third kappa shape index (κ3) is 6.64. The summed E-state index contributed by atoms with van der Waals surface area (Å²) in [6.07, 6.45) is 1.62. The molecule has 0 bridgehead atoms. The number of halogens is 2. The summed E-state index contributed by atoms with van der Waals surface area (Å²) in [7, 11) is -3.38. The first-order chi connectivity index (χ1) is 18.6. The lowest BCUT2D eigenvalue weighted by Gasteiger charge is -2.21. The number of nitrogens with zero attached hydrogens (tertiary/aromatic N) is 3. The van der Waals surface area contributed by atoms with Gasteiger partial charge in [0.1, 0.15) is 27.0 Å². The summed E-state index contributed by atoms with van der Waals surface area (Å²) in [5.41, 5.74) is 0.287. The smallest absolute Gasteiger partial charge is 0.261 e. The van der Waals surface area contributed by atoms with Gasteiger partial charge in [0.05, 0.1) is 28.8 Å². The Hall–Kier alpha value is -3.75. The SMILES string of the molecule is CCCS(=O)(=O)CCCN(c1ccc(F)c(C(=O)Nc2cnc3nc(-c4ccccc4)[nH]c3c2)c1F)S(=O)O. The van der Waals surface area contributed by atoms with Crippen LogP contribution in [0.15, 0.2) is 54.7 Å². The van der Waals surface area contributed by atoms with Crippen molar-refractivity contribution in [2.24, 2.45) is 0 Å². The van der Waals surface area contributed by atoms with Crippen molar-refractivity contribution in [3.05, 3.63) is 71.9 Å². The molecule has 14 heteroatoms. The predicted octanol–water partition coefficient (Wildman–Crippen LogP) is 4.31. The van der Waals surface area contributed by atoms with Crippen LogP contribution in [-0.4, -0.2) is 56.1 Å². The third-order valence-corrected chi connectivity index (χ3v) is 8.43. The zero-order chi connectivity index (χ0) is 28.2. The Morgan fingerprint density at radius 3 is 2.59 bits per heavy atom. The lowest BCUT2D eigenvalue weighted by molar-refractivity contribution is 0.101. The number of imidazole rings is 1. The molecule has 4 aromatic rings. The summed E-state index contributed by atoms with van der Waals surface area (Å²) in [6, 6.07) is 12.5. The van der Waals surface area contributed by atoms with Crippen molar-refractivity contribution in [3.8, 4) is 11.4 Å². The van der Waals surface area contributed by atoms with Gasteiger partial charge in [0.15, 0.2) is 11.5 Å². The van der Waals surface area contributed by atoms with E-state index in [2.05, 4.69) is 20.3 Å². The Bertz CT molecular complexity index is 1630. The zero-order valence-electron chi connectivity index (χ0n) is 20.7. The second kappa shape index (κ2) is 12.0. The molecule has 0 spiro atoms. The summed E-state index contributed by atoms with van der Waals surface area (Å²) >= 11 is -2.77. The van der Waals surface area contributed by atoms with E-state index in [9.17, 15) is 26.4 Å². The van der Waals surface area contributed by atoms with Crippen molar-refractivity contribution in [1.29, 1.82) is 0 Å². The van der Waals surface area contributed by atoms with Crippen LogP contribution in [0.4, 0.5) is 20.2 Å². The number of H-pyrrole nitrogens is 1. The van der Waals surface area contributed by atoms with E-state index in [1.165, 1.54) is 12.3 Å². The second-order valence-corrected chi connectivity index (χ2v) is 11.8. The standard InChI is InChI=1S/C25H25F2N5O5S2/c1-2-12-39(36,37)13-6-11-32(38(34)35)20-10-9-18(26)21(22(20)27)25(33)29-17-14-19-24(28-15-17)31-23(30-19)16-7-4-3-5-8-16/h3-5,7-10,14-15H,2,6,11-13H2,1H3,(H,29,33)(H,34,35)(H,28,30,31). The maximum Gasteiger partial charge on any atom is 0.261 e. The fraction of sp³-hybridized carbons (Fsp3) is 0.240. The van der Waals surface area contributed by atoms with Gasteiger partial charge in [-0.05, 0) is 31.0 Å². The second-order valence-electron chi connectivity index (χ2n) is 8.59. The quantitative estimate of drug-likeness (QED) is 0.225. The molecule has 1 unspecified atom stereocenters. The molecule has 2 aromatic carbocycles. The Kier molecular flexibility index (Phi) is 8.67. The minimum Gasteiger partial charge on any atom is -0.337 e. The fourth-order valence-electron chi connectivity index (χ4n) is 3.96. The number of amides is 1. The maximum absolute atomic E-state index is 15.4. The Labute approximate surface area is 225 Å². The van der Waals surface area contributed by atoms with E-state index in [0.29, 0.717) is 27.7 Å². The van der Waals surface area contributed by atoms with E-state index in [1.807, 2.05) is 30.3 Å². The number of rotatable bonds is 11. The van der Waals surface area contributed by atoms with Crippen LogP contribution in [0.2, 0.25) is 0 Å². The average Bonchev–Trinajstić information content (AvgIpc) is 3.31. The number of anilines is 2. The number of nitrogens with one attached hydrogen (secondary N) is 2. The van der Waals surface area contributed by atoms with Crippen LogP contribution >= 0.6 is 0 Å². The first-order valence-electron chi connectivity index (χ1n) is 11.9. The van der Waals surface area contributed by atoms with Crippen LogP contribution in [0.25, 0.3) is 22.6 Å². The molecule has 0 aliphatic heterocycles. The van der Waals surface area contributed by atoms with Gasteiger partial charge in [-0.3, -0.25) is 13.7 Å². The van der Waals surface area contributed by atoms with Gasteiger partial charge in [-0.25, -0.2) is 31.4 Å². The predicted molar refractivity (Wildman–Crippen MR) is 145 cm³/mol.